The third kappa shape index (κ3) is 5.65. The molecule has 2 aliphatic heterocycles. The number of hydroxylamine groups is 1. The average molecular weight is 491 g/mol. The van der Waals surface area contributed by atoms with Crippen LogP contribution in [0.15, 0.2) is 52.3 Å². The Morgan fingerprint density at radius 2 is 1.94 bits per heavy atom. The van der Waals surface area contributed by atoms with Crippen LogP contribution in [0.1, 0.15) is 49.4 Å². The SMILES string of the molecule is O=C(CCCC1=NC(c2ccc3c(c2)CCO3)NO1)NCCCCNc1n[nH]c(=O)c2ccccc12. The van der Waals surface area contributed by atoms with Gasteiger partial charge in [0.05, 0.1) is 12.0 Å². The Morgan fingerprint density at radius 3 is 2.86 bits per heavy atom. The normalized spacial score (nSPS) is 16.2. The lowest BCUT2D eigenvalue weighted by molar-refractivity contribution is -0.121. The maximum atomic E-state index is 12.2. The monoisotopic (exact) mass is 490 g/mol. The van der Waals surface area contributed by atoms with E-state index in [1.54, 1.807) is 6.07 Å². The summed E-state index contributed by atoms with van der Waals surface area (Å²) in [5.74, 6) is 2.26. The molecule has 1 amide bonds. The number of hydrogen-bond acceptors (Lipinski definition) is 8. The molecule has 1 atom stereocenters. The van der Waals surface area contributed by atoms with Crippen molar-refractivity contribution in [1.82, 2.24) is 21.0 Å². The molecule has 10 heteroatoms. The molecule has 3 aromatic rings. The van der Waals surface area contributed by atoms with Gasteiger partial charge in [-0.25, -0.2) is 10.1 Å². The van der Waals surface area contributed by atoms with Crippen LogP contribution in [-0.2, 0) is 16.1 Å². The van der Waals surface area contributed by atoms with Gasteiger partial charge in [0.2, 0.25) is 11.8 Å². The molecule has 5 rings (SSSR count). The number of anilines is 1. The van der Waals surface area contributed by atoms with Gasteiger partial charge in [-0.15, -0.1) is 5.48 Å². The number of fused-ring (bicyclic) bond motifs is 2. The van der Waals surface area contributed by atoms with Crippen molar-refractivity contribution >= 4 is 28.4 Å². The zero-order chi connectivity index (χ0) is 24.7. The van der Waals surface area contributed by atoms with Gasteiger partial charge in [-0.3, -0.25) is 9.59 Å². The molecule has 0 bridgehead atoms. The summed E-state index contributed by atoms with van der Waals surface area (Å²) >= 11 is 0. The largest absolute Gasteiger partial charge is 0.493 e. The van der Waals surface area contributed by atoms with E-state index in [2.05, 4.69) is 37.4 Å². The van der Waals surface area contributed by atoms with Crippen molar-refractivity contribution in [1.29, 1.82) is 0 Å². The number of amides is 1. The van der Waals surface area contributed by atoms with Crippen LogP contribution < -0.4 is 26.4 Å². The van der Waals surface area contributed by atoms with E-state index in [-0.39, 0.29) is 17.6 Å². The van der Waals surface area contributed by atoms with Gasteiger partial charge in [0, 0.05) is 37.7 Å². The van der Waals surface area contributed by atoms with Crippen molar-refractivity contribution in [3.8, 4) is 5.75 Å². The van der Waals surface area contributed by atoms with E-state index in [0.717, 1.165) is 42.6 Å². The summed E-state index contributed by atoms with van der Waals surface area (Å²) in [7, 11) is 0. The Bertz CT molecular complexity index is 1320. The summed E-state index contributed by atoms with van der Waals surface area (Å²) in [4.78, 5) is 34.2. The van der Waals surface area contributed by atoms with Gasteiger partial charge in [-0.1, -0.05) is 24.3 Å². The van der Waals surface area contributed by atoms with Crippen LogP contribution in [0.25, 0.3) is 10.8 Å². The lowest BCUT2D eigenvalue weighted by Gasteiger charge is -2.08. The first-order valence-electron chi connectivity index (χ1n) is 12.4. The second kappa shape index (κ2) is 11.2. The number of nitrogens with one attached hydrogen (secondary N) is 4. The third-order valence-corrected chi connectivity index (χ3v) is 6.30. The van der Waals surface area contributed by atoms with Gasteiger partial charge < -0.3 is 20.2 Å². The number of carbonyl (C=O) groups excluding carboxylic acids is 1. The minimum absolute atomic E-state index is 0.0259. The maximum Gasteiger partial charge on any atom is 0.272 e. The number of ether oxygens (including phenoxy) is 1. The number of benzene rings is 2. The molecule has 36 heavy (non-hydrogen) atoms. The molecule has 4 N–H and O–H groups in total. The summed E-state index contributed by atoms with van der Waals surface area (Å²) in [6, 6.07) is 13.5. The number of aromatic nitrogens is 2. The highest BCUT2D eigenvalue weighted by molar-refractivity contribution is 5.90. The molecule has 2 aromatic carbocycles. The summed E-state index contributed by atoms with van der Waals surface area (Å²) in [5.41, 5.74) is 5.01. The third-order valence-electron chi connectivity index (χ3n) is 6.30. The molecular weight excluding hydrogens is 460 g/mol. The van der Waals surface area contributed by atoms with Crippen LogP contribution in [0.2, 0.25) is 0 Å². The smallest absolute Gasteiger partial charge is 0.272 e. The van der Waals surface area contributed by atoms with E-state index in [4.69, 9.17) is 9.57 Å². The minimum Gasteiger partial charge on any atom is -0.493 e. The molecule has 0 fully saturated rings. The summed E-state index contributed by atoms with van der Waals surface area (Å²) < 4.78 is 5.55. The predicted molar refractivity (Wildman–Crippen MR) is 137 cm³/mol. The van der Waals surface area contributed by atoms with Crippen LogP contribution in [0.4, 0.5) is 5.82 Å². The second-order valence-electron chi connectivity index (χ2n) is 8.90. The fraction of sp³-hybridized carbons (Fsp3) is 0.385. The molecule has 10 nitrogen and oxygen atoms in total. The molecule has 0 saturated heterocycles. The van der Waals surface area contributed by atoms with Crippen LogP contribution in [-0.4, -0.2) is 41.7 Å². The molecule has 0 aliphatic carbocycles. The Balaban J connectivity index is 0.966. The highest BCUT2D eigenvalue weighted by atomic mass is 16.7. The van der Waals surface area contributed by atoms with E-state index >= 15 is 0 Å². The fourth-order valence-corrected chi connectivity index (χ4v) is 4.38. The standard InChI is InChI=1S/C26H30N6O4/c33-22(27-13-3-4-14-28-25-19-6-1-2-7-20(19)26(34)31-30-25)8-5-9-23-29-24(32-36-23)18-10-11-21-17(16-18)12-15-35-21/h1-2,6-7,10-11,16,24,32H,3-5,8-9,12-15H2,(H,27,33)(H,28,30)(H,31,34). The van der Waals surface area contributed by atoms with Gasteiger partial charge >= 0.3 is 0 Å². The number of unbranched alkanes of at least 4 members (excludes halogenated alkanes) is 1. The molecule has 3 heterocycles. The fourth-order valence-electron chi connectivity index (χ4n) is 4.38. The van der Waals surface area contributed by atoms with Crippen molar-refractivity contribution in [2.75, 3.05) is 25.0 Å². The first-order valence-corrected chi connectivity index (χ1v) is 12.4. The zero-order valence-electron chi connectivity index (χ0n) is 20.0. The zero-order valence-corrected chi connectivity index (χ0v) is 20.0. The molecule has 0 spiro atoms. The van der Waals surface area contributed by atoms with Crippen LogP contribution in [0.5, 0.6) is 5.75 Å². The van der Waals surface area contributed by atoms with E-state index in [1.807, 2.05) is 30.3 Å². The lowest BCUT2D eigenvalue weighted by atomic mass is 10.1. The Labute approximate surface area is 208 Å². The minimum atomic E-state index is -0.224. The summed E-state index contributed by atoms with van der Waals surface area (Å²) in [6.07, 6.45) is 4.10. The molecule has 1 unspecified atom stereocenters. The van der Waals surface area contributed by atoms with E-state index in [0.29, 0.717) is 49.5 Å². The van der Waals surface area contributed by atoms with E-state index in [1.165, 1.54) is 5.56 Å². The van der Waals surface area contributed by atoms with Crippen LogP contribution >= 0.6 is 0 Å². The lowest BCUT2D eigenvalue weighted by Crippen LogP contribution is -2.24. The number of rotatable bonds is 11. The van der Waals surface area contributed by atoms with Crippen molar-refractivity contribution in [2.45, 2.75) is 44.7 Å². The van der Waals surface area contributed by atoms with E-state index < -0.39 is 0 Å². The highest BCUT2D eigenvalue weighted by Crippen LogP contribution is 2.30. The molecule has 0 saturated carbocycles. The average Bonchev–Trinajstić information content (AvgIpc) is 3.57. The van der Waals surface area contributed by atoms with Crippen molar-refractivity contribution in [3.05, 3.63) is 63.9 Å². The van der Waals surface area contributed by atoms with E-state index in [9.17, 15) is 9.59 Å². The summed E-state index contributed by atoms with van der Waals surface area (Å²) in [5, 5.41) is 14.3. The second-order valence-corrected chi connectivity index (χ2v) is 8.90. The Kier molecular flexibility index (Phi) is 7.41. The van der Waals surface area contributed by atoms with Crippen molar-refractivity contribution in [2.24, 2.45) is 4.99 Å². The van der Waals surface area contributed by atoms with Gasteiger partial charge in [-0.05, 0) is 48.6 Å². The number of hydrogen-bond donors (Lipinski definition) is 4. The van der Waals surface area contributed by atoms with Gasteiger partial charge in [0.15, 0.2) is 12.0 Å². The number of aromatic amines is 1. The van der Waals surface area contributed by atoms with Gasteiger partial charge in [0.1, 0.15) is 5.75 Å². The van der Waals surface area contributed by atoms with Crippen LogP contribution in [0.3, 0.4) is 0 Å². The topological polar surface area (TPSA) is 130 Å². The first-order chi connectivity index (χ1) is 17.7. The van der Waals surface area contributed by atoms with Crippen molar-refractivity contribution < 1.29 is 14.4 Å². The predicted octanol–water partition coefficient (Wildman–Crippen LogP) is 2.97. The highest BCUT2D eigenvalue weighted by Gasteiger charge is 2.22. The quantitative estimate of drug-likeness (QED) is 0.304. The molecule has 188 valence electrons. The molecule has 1 aromatic heterocycles. The van der Waals surface area contributed by atoms with Gasteiger partial charge in [0.25, 0.3) is 5.56 Å². The Hall–Kier alpha value is -3.92. The number of H-pyrrole nitrogens is 1. The molecule has 2 aliphatic rings. The number of carbonyl (C=O) groups is 1. The molecule has 0 radical (unpaired) electrons. The first kappa shape index (κ1) is 23.8. The summed E-state index contributed by atoms with van der Waals surface area (Å²) in [6.45, 7) is 2.04. The number of nitrogens with zero attached hydrogens (tertiary/aromatic N) is 2. The number of aliphatic imine (C=N–C) groups is 1. The maximum absolute atomic E-state index is 12.2. The molecular formula is C26H30N6O4. The van der Waals surface area contributed by atoms with Crippen LogP contribution in [0, 0.1) is 0 Å². The van der Waals surface area contributed by atoms with Gasteiger partial charge in [-0.2, -0.15) is 5.10 Å². The van der Waals surface area contributed by atoms with Crippen molar-refractivity contribution in [3.63, 3.8) is 0 Å². The Morgan fingerprint density at radius 1 is 1.08 bits per heavy atom.